The van der Waals surface area contributed by atoms with Gasteiger partial charge in [-0.1, -0.05) is 12.1 Å². The molecule has 156 valence electrons. The van der Waals surface area contributed by atoms with Crippen LogP contribution in [0.15, 0.2) is 36.4 Å². The third-order valence-electron chi connectivity index (χ3n) is 5.22. The first kappa shape index (κ1) is 20.7. The van der Waals surface area contributed by atoms with E-state index >= 15 is 0 Å². The maximum Gasteiger partial charge on any atom is 0.273 e. The molecule has 0 radical (unpaired) electrons. The van der Waals surface area contributed by atoms with E-state index in [9.17, 15) is 10.1 Å². The zero-order valence-corrected chi connectivity index (χ0v) is 17.0. The van der Waals surface area contributed by atoms with Crippen molar-refractivity contribution >= 4 is 11.4 Å². The van der Waals surface area contributed by atoms with Gasteiger partial charge in [-0.15, -0.1) is 0 Å². The first-order chi connectivity index (χ1) is 14.0. The summed E-state index contributed by atoms with van der Waals surface area (Å²) in [7, 11) is 4.83. The Labute approximate surface area is 170 Å². The number of ether oxygens (including phenoxy) is 3. The lowest BCUT2D eigenvalue weighted by molar-refractivity contribution is -0.384. The molecule has 8 nitrogen and oxygen atoms in total. The van der Waals surface area contributed by atoms with Crippen molar-refractivity contribution in [2.24, 2.45) is 0 Å². The van der Waals surface area contributed by atoms with Crippen LogP contribution in [0.2, 0.25) is 0 Å². The number of nitrogens with one attached hydrogen (secondary N) is 1. The number of nitro groups is 1. The van der Waals surface area contributed by atoms with E-state index in [1.807, 2.05) is 12.1 Å². The Morgan fingerprint density at radius 3 is 2.41 bits per heavy atom. The van der Waals surface area contributed by atoms with Gasteiger partial charge in [-0.2, -0.15) is 0 Å². The summed E-state index contributed by atoms with van der Waals surface area (Å²) < 4.78 is 16.2. The first-order valence-electron chi connectivity index (χ1n) is 9.57. The van der Waals surface area contributed by atoms with E-state index < -0.39 is 4.92 Å². The van der Waals surface area contributed by atoms with E-state index in [0.717, 1.165) is 55.2 Å². The molecule has 0 saturated carbocycles. The Morgan fingerprint density at radius 2 is 1.79 bits per heavy atom. The number of nitrogens with zero attached hydrogens (tertiary/aromatic N) is 2. The van der Waals surface area contributed by atoms with Gasteiger partial charge in [-0.3, -0.25) is 15.0 Å². The Morgan fingerprint density at radius 1 is 1.07 bits per heavy atom. The Kier molecular flexibility index (Phi) is 6.77. The van der Waals surface area contributed by atoms with Crippen LogP contribution in [0.3, 0.4) is 0 Å². The standard InChI is InChI=1S/C21H27N3O5/c1-27-19-6-4-5-15(21(19)29-3)14-23-11-9-16(10-12-23)22-18-8-7-17(24(25)26)13-20(18)28-2/h4-8,13,16,22H,9-12,14H2,1-3H3. The maximum absolute atomic E-state index is 10.9. The molecule has 2 aromatic carbocycles. The molecule has 0 atom stereocenters. The lowest BCUT2D eigenvalue weighted by Crippen LogP contribution is -2.38. The highest BCUT2D eigenvalue weighted by Gasteiger charge is 2.22. The molecule has 1 saturated heterocycles. The number of anilines is 1. The number of piperidine rings is 1. The van der Waals surface area contributed by atoms with E-state index in [2.05, 4.69) is 16.3 Å². The van der Waals surface area contributed by atoms with Crippen molar-refractivity contribution in [2.75, 3.05) is 39.7 Å². The van der Waals surface area contributed by atoms with E-state index in [1.54, 1.807) is 20.3 Å². The van der Waals surface area contributed by atoms with E-state index in [4.69, 9.17) is 14.2 Å². The number of para-hydroxylation sites is 1. The predicted molar refractivity (Wildman–Crippen MR) is 111 cm³/mol. The van der Waals surface area contributed by atoms with Crippen molar-refractivity contribution < 1.29 is 19.1 Å². The molecule has 0 aromatic heterocycles. The molecule has 0 unspecified atom stereocenters. The van der Waals surface area contributed by atoms with Gasteiger partial charge in [-0.25, -0.2) is 0 Å². The van der Waals surface area contributed by atoms with Gasteiger partial charge in [0.1, 0.15) is 5.75 Å². The number of non-ortho nitro benzene ring substituents is 1. The summed E-state index contributed by atoms with van der Waals surface area (Å²) in [4.78, 5) is 12.9. The first-order valence-corrected chi connectivity index (χ1v) is 9.57. The molecule has 2 aromatic rings. The van der Waals surface area contributed by atoms with Gasteiger partial charge in [0.15, 0.2) is 11.5 Å². The normalized spacial score (nSPS) is 15.0. The fourth-order valence-corrected chi connectivity index (χ4v) is 3.69. The smallest absolute Gasteiger partial charge is 0.273 e. The maximum atomic E-state index is 10.9. The van der Waals surface area contributed by atoms with Crippen LogP contribution in [0, 0.1) is 10.1 Å². The van der Waals surface area contributed by atoms with Crippen LogP contribution in [-0.4, -0.2) is 50.3 Å². The molecule has 0 amide bonds. The van der Waals surface area contributed by atoms with Crippen LogP contribution in [0.5, 0.6) is 17.2 Å². The lowest BCUT2D eigenvalue weighted by atomic mass is 10.0. The largest absolute Gasteiger partial charge is 0.494 e. The molecular formula is C21H27N3O5. The molecular weight excluding hydrogens is 374 g/mol. The Bertz CT molecular complexity index is 850. The lowest BCUT2D eigenvalue weighted by Gasteiger charge is -2.33. The number of nitro benzene ring substituents is 1. The zero-order chi connectivity index (χ0) is 20.8. The molecule has 0 spiro atoms. The molecule has 29 heavy (non-hydrogen) atoms. The van der Waals surface area contributed by atoms with Crippen molar-refractivity contribution in [1.82, 2.24) is 4.90 Å². The van der Waals surface area contributed by atoms with Crippen molar-refractivity contribution in [3.8, 4) is 17.2 Å². The fourth-order valence-electron chi connectivity index (χ4n) is 3.69. The van der Waals surface area contributed by atoms with Crippen LogP contribution in [-0.2, 0) is 6.54 Å². The van der Waals surface area contributed by atoms with E-state index in [-0.39, 0.29) is 11.7 Å². The summed E-state index contributed by atoms with van der Waals surface area (Å²) in [5.41, 5.74) is 1.91. The second-order valence-corrected chi connectivity index (χ2v) is 6.99. The summed E-state index contributed by atoms with van der Waals surface area (Å²) in [5.74, 6) is 2.01. The molecule has 1 aliphatic rings. The molecule has 1 N–H and O–H groups in total. The second kappa shape index (κ2) is 9.47. The van der Waals surface area contributed by atoms with Gasteiger partial charge in [-0.05, 0) is 25.0 Å². The van der Waals surface area contributed by atoms with Gasteiger partial charge in [0.05, 0.1) is 38.0 Å². The second-order valence-electron chi connectivity index (χ2n) is 6.99. The zero-order valence-electron chi connectivity index (χ0n) is 17.0. The minimum Gasteiger partial charge on any atom is -0.494 e. The average molecular weight is 401 g/mol. The molecule has 1 aliphatic heterocycles. The highest BCUT2D eigenvalue weighted by Crippen LogP contribution is 2.33. The molecule has 0 aliphatic carbocycles. The molecule has 1 fully saturated rings. The summed E-state index contributed by atoms with van der Waals surface area (Å²) in [5, 5.41) is 14.4. The van der Waals surface area contributed by atoms with Crippen LogP contribution in [0.4, 0.5) is 11.4 Å². The van der Waals surface area contributed by atoms with Crippen LogP contribution < -0.4 is 19.5 Å². The molecule has 0 bridgehead atoms. The number of hydrogen-bond acceptors (Lipinski definition) is 7. The average Bonchev–Trinajstić information content (AvgIpc) is 2.75. The predicted octanol–water partition coefficient (Wildman–Crippen LogP) is 3.70. The van der Waals surface area contributed by atoms with Gasteiger partial charge >= 0.3 is 0 Å². The highest BCUT2D eigenvalue weighted by molar-refractivity contribution is 5.61. The minimum atomic E-state index is -0.419. The van der Waals surface area contributed by atoms with Gasteiger partial charge < -0.3 is 19.5 Å². The number of methoxy groups -OCH3 is 3. The third kappa shape index (κ3) is 4.89. The number of hydrogen-bond donors (Lipinski definition) is 1. The molecule has 3 rings (SSSR count). The van der Waals surface area contributed by atoms with Gasteiger partial charge in [0.2, 0.25) is 0 Å². The van der Waals surface area contributed by atoms with Crippen LogP contribution in [0.25, 0.3) is 0 Å². The van der Waals surface area contributed by atoms with Crippen molar-refractivity contribution in [3.63, 3.8) is 0 Å². The van der Waals surface area contributed by atoms with Crippen molar-refractivity contribution in [2.45, 2.75) is 25.4 Å². The van der Waals surface area contributed by atoms with Crippen LogP contribution in [0.1, 0.15) is 18.4 Å². The topological polar surface area (TPSA) is 86.1 Å². The minimum absolute atomic E-state index is 0.0226. The van der Waals surface area contributed by atoms with E-state index in [0.29, 0.717) is 5.75 Å². The Balaban J connectivity index is 1.60. The van der Waals surface area contributed by atoms with Crippen LogP contribution >= 0.6 is 0 Å². The van der Waals surface area contributed by atoms with Gasteiger partial charge in [0.25, 0.3) is 5.69 Å². The SMILES string of the molecule is COc1cc([N+](=O)[O-])ccc1NC1CCN(Cc2cccc(OC)c2OC)CC1. The number of likely N-dealkylation sites (tertiary alicyclic amines) is 1. The molecule has 8 heteroatoms. The number of benzene rings is 2. The molecule has 1 heterocycles. The quantitative estimate of drug-likeness (QED) is 0.533. The Hall–Kier alpha value is -3.00. The summed E-state index contributed by atoms with van der Waals surface area (Å²) >= 11 is 0. The van der Waals surface area contributed by atoms with Crippen molar-refractivity contribution in [3.05, 3.63) is 52.1 Å². The summed E-state index contributed by atoms with van der Waals surface area (Å²) in [6, 6.07) is 10.9. The monoisotopic (exact) mass is 401 g/mol. The number of rotatable bonds is 8. The van der Waals surface area contributed by atoms with Gasteiger partial charge in [0, 0.05) is 37.3 Å². The summed E-state index contributed by atoms with van der Waals surface area (Å²) in [6.07, 6.45) is 1.93. The van der Waals surface area contributed by atoms with E-state index in [1.165, 1.54) is 19.2 Å². The third-order valence-corrected chi connectivity index (χ3v) is 5.22. The van der Waals surface area contributed by atoms with Crippen molar-refractivity contribution in [1.29, 1.82) is 0 Å². The summed E-state index contributed by atoms with van der Waals surface area (Å²) in [6.45, 7) is 2.68. The highest BCUT2D eigenvalue weighted by atomic mass is 16.6. The fraction of sp³-hybridized carbons (Fsp3) is 0.429.